The van der Waals surface area contributed by atoms with Crippen LogP contribution in [0.1, 0.15) is 32.5 Å². The molecule has 2 atom stereocenters. The highest BCUT2D eigenvalue weighted by molar-refractivity contribution is 5.76. The van der Waals surface area contributed by atoms with Gasteiger partial charge in [0.15, 0.2) is 0 Å². The summed E-state index contributed by atoms with van der Waals surface area (Å²) >= 11 is 0. The number of fused-ring (bicyclic) bond motifs is 1. The summed E-state index contributed by atoms with van der Waals surface area (Å²) < 4.78 is 0. The molecular weight excluding hydrogens is 290 g/mol. The van der Waals surface area contributed by atoms with E-state index < -0.39 is 0 Å². The van der Waals surface area contributed by atoms with Crippen LogP contribution in [0.4, 0.5) is 0 Å². The molecule has 6 nitrogen and oxygen atoms in total. The third kappa shape index (κ3) is 3.89. The number of carbonyl (C=O) groups is 1. The molecule has 2 aromatic rings. The van der Waals surface area contributed by atoms with E-state index in [0.717, 1.165) is 29.7 Å². The summed E-state index contributed by atoms with van der Waals surface area (Å²) in [7, 11) is 0. The first kappa shape index (κ1) is 16.0. The standard InChI is InChI=1S/C17H25N5O/c1-11-13(12(2)22-21-11)7-8-17(23)18-10-9-16-19-14-5-3-4-6-15(14)20-16/h3-6,11-13,21-22H,7-10H2,1-2H3,(H,18,23)(H,19,20). The number of imidazole rings is 1. The molecule has 0 spiro atoms. The zero-order chi connectivity index (χ0) is 16.2. The topological polar surface area (TPSA) is 81.8 Å². The predicted molar refractivity (Wildman–Crippen MR) is 90.7 cm³/mol. The Balaban J connectivity index is 1.40. The lowest BCUT2D eigenvalue weighted by atomic mass is 9.91. The Bertz CT molecular complexity index is 625. The van der Waals surface area contributed by atoms with Crippen molar-refractivity contribution in [3.8, 4) is 0 Å². The molecule has 1 amide bonds. The number of aromatic amines is 1. The quantitative estimate of drug-likeness (QED) is 0.651. The molecule has 3 rings (SSSR count). The molecule has 2 unspecified atom stereocenters. The molecule has 0 aliphatic carbocycles. The van der Waals surface area contributed by atoms with Gasteiger partial charge in [0.05, 0.1) is 11.0 Å². The second-order valence-corrected chi connectivity index (χ2v) is 6.37. The van der Waals surface area contributed by atoms with Crippen molar-refractivity contribution >= 4 is 16.9 Å². The summed E-state index contributed by atoms with van der Waals surface area (Å²) in [6.45, 7) is 4.92. The van der Waals surface area contributed by atoms with Crippen molar-refractivity contribution in [1.82, 2.24) is 26.1 Å². The first-order chi connectivity index (χ1) is 11.1. The molecule has 1 aromatic heterocycles. The monoisotopic (exact) mass is 315 g/mol. The van der Waals surface area contributed by atoms with E-state index in [-0.39, 0.29) is 5.91 Å². The van der Waals surface area contributed by atoms with Crippen LogP contribution in [-0.4, -0.2) is 34.5 Å². The first-order valence-electron chi connectivity index (χ1n) is 8.35. The molecule has 0 bridgehead atoms. The summed E-state index contributed by atoms with van der Waals surface area (Å²) in [5.41, 5.74) is 8.46. The fourth-order valence-corrected chi connectivity index (χ4v) is 3.24. The number of hydrogen-bond acceptors (Lipinski definition) is 4. The van der Waals surface area contributed by atoms with E-state index in [4.69, 9.17) is 0 Å². The Morgan fingerprint density at radius 1 is 1.22 bits per heavy atom. The fourth-order valence-electron chi connectivity index (χ4n) is 3.24. The second kappa shape index (κ2) is 7.10. The van der Waals surface area contributed by atoms with Crippen molar-refractivity contribution < 1.29 is 4.79 Å². The van der Waals surface area contributed by atoms with E-state index >= 15 is 0 Å². The van der Waals surface area contributed by atoms with Crippen molar-refractivity contribution in [2.45, 2.75) is 45.2 Å². The normalized spacial score (nSPS) is 24.2. The van der Waals surface area contributed by atoms with Crippen LogP contribution in [0.3, 0.4) is 0 Å². The van der Waals surface area contributed by atoms with Crippen LogP contribution >= 0.6 is 0 Å². The number of aromatic nitrogens is 2. The van der Waals surface area contributed by atoms with Gasteiger partial charge in [0.2, 0.25) is 5.91 Å². The van der Waals surface area contributed by atoms with Crippen molar-refractivity contribution in [1.29, 1.82) is 0 Å². The van der Waals surface area contributed by atoms with Crippen LogP contribution in [0.15, 0.2) is 24.3 Å². The van der Waals surface area contributed by atoms with Gasteiger partial charge in [-0.3, -0.25) is 15.6 Å². The Kier molecular flexibility index (Phi) is 4.93. The van der Waals surface area contributed by atoms with E-state index in [0.29, 0.717) is 31.0 Å². The van der Waals surface area contributed by atoms with Crippen molar-refractivity contribution in [3.05, 3.63) is 30.1 Å². The molecule has 0 saturated carbocycles. The van der Waals surface area contributed by atoms with Crippen LogP contribution in [0, 0.1) is 5.92 Å². The second-order valence-electron chi connectivity index (χ2n) is 6.37. The molecular formula is C17H25N5O. The number of nitrogens with one attached hydrogen (secondary N) is 4. The van der Waals surface area contributed by atoms with Gasteiger partial charge in [0.1, 0.15) is 5.82 Å². The average molecular weight is 315 g/mol. The van der Waals surface area contributed by atoms with E-state index in [1.807, 2.05) is 24.3 Å². The van der Waals surface area contributed by atoms with Gasteiger partial charge in [-0.1, -0.05) is 12.1 Å². The van der Waals surface area contributed by atoms with Gasteiger partial charge in [0.25, 0.3) is 0 Å². The Morgan fingerprint density at radius 3 is 2.70 bits per heavy atom. The van der Waals surface area contributed by atoms with Gasteiger partial charge >= 0.3 is 0 Å². The summed E-state index contributed by atoms with van der Waals surface area (Å²) in [5, 5.41) is 2.99. The van der Waals surface area contributed by atoms with Crippen LogP contribution < -0.4 is 16.2 Å². The average Bonchev–Trinajstić information content (AvgIpc) is 3.08. The lowest BCUT2D eigenvalue weighted by Crippen LogP contribution is -2.30. The van der Waals surface area contributed by atoms with Crippen LogP contribution in [-0.2, 0) is 11.2 Å². The van der Waals surface area contributed by atoms with E-state index in [9.17, 15) is 4.79 Å². The SMILES string of the molecule is CC1NNC(C)C1CCC(=O)NCCc1nc2ccccc2[nH]1. The van der Waals surface area contributed by atoms with Crippen LogP contribution in [0.5, 0.6) is 0 Å². The van der Waals surface area contributed by atoms with E-state index in [1.54, 1.807) is 0 Å². The van der Waals surface area contributed by atoms with Crippen molar-refractivity contribution in [3.63, 3.8) is 0 Å². The van der Waals surface area contributed by atoms with Gasteiger partial charge in [-0.25, -0.2) is 4.98 Å². The molecule has 0 radical (unpaired) electrons. The smallest absolute Gasteiger partial charge is 0.220 e. The van der Waals surface area contributed by atoms with Crippen LogP contribution in [0.25, 0.3) is 11.0 Å². The number of amides is 1. The van der Waals surface area contributed by atoms with Gasteiger partial charge in [-0.05, 0) is 38.3 Å². The highest BCUT2D eigenvalue weighted by Crippen LogP contribution is 2.19. The molecule has 23 heavy (non-hydrogen) atoms. The summed E-state index contributed by atoms with van der Waals surface area (Å²) in [6, 6.07) is 8.78. The molecule has 1 fully saturated rings. The minimum absolute atomic E-state index is 0.118. The minimum atomic E-state index is 0.118. The predicted octanol–water partition coefficient (Wildman–Crippen LogP) is 1.50. The molecule has 124 valence electrons. The number of carbonyl (C=O) groups excluding carboxylic acids is 1. The number of benzene rings is 1. The highest BCUT2D eigenvalue weighted by atomic mass is 16.1. The summed E-state index contributed by atoms with van der Waals surface area (Å²) in [6.07, 6.45) is 2.20. The molecule has 6 heteroatoms. The van der Waals surface area contributed by atoms with E-state index in [2.05, 4.69) is 40.0 Å². The third-order valence-corrected chi connectivity index (χ3v) is 4.65. The largest absolute Gasteiger partial charge is 0.356 e. The van der Waals surface area contributed by atoms with Gasteiger partial charge < -0.3 is 10.3 Å². The van der Waals surface area contributed by atoms with E-state index in [1.165, 1.54) is 0 Å². The number of nitrogens with zero attached hydrogens (tertiary/aromatic N) is 1. The van der Waals surface area contributed by atoms with Gasteiger partial charge in [-0.2, -0.15) is 0 Å². The lowest BCUT2D eigenvalue weighted by molar-refractivity contribution is -0.121. The molecule has 1 aliphatic heterocycles. The number of hydrazine groups is 1. The van der Waals surface area contributed by atoms with Crippen LogP contribution in [0.2, 0.25) is 0 Å². The Morgan fingerprint density at radius 2 is 1.96 bits per heavy atom. The Labute approximate surface area is 136 Å². The fraction of sp³-hybridized carbons (Fsp3) is 0.529. The highest BCUT2D eigenvalue weighted by Gasteiger charge is 2.29. The van der Waals surface area contributed by atoms with Gasteiger partial charge in [-0.15, -0.1) is 0 Å². The summed E-state index contributed by atoms with van der Waals surface area (Å²) in [5.74, 6) is 1.53. The first-order valence-corrected chi connectivity index (χ1v) is 8.35. The number of H-pyrrole nitrogens is 1. The molecule has 1 aromatic carbocycles. The summed E-state index contributed by atoms with van der Waals surface area (Å²) in [4.78, 5) is 19.8. The van der Waals surface area contributed by atoms with Crippen molar-refractivity contribution in [2.75, 3.05) is 6.54 Å². The third-order valence-electron chi connectivity index (χ3n) is 4.65. The minimum Gasteiger partial charge on any atom is -0.356 e. The maximum Gasteiger partial charge on any atom is 0.220 e. The number of para-hydroxylation sites is 2. The number of hydrogen-bond donors (Lipinski definition) is 4. The molecule has 2 heterocycles. The lowest BCUT2D eigenvalue weighted by Gasteiger charge is -2.17. The zero-order valence-corrected chi connectivity index (χ0v) is 13.7. The maximum atomic E-state index is 12.0. The molecule has 1 aliphatic rings. The maximum absolute atomic E-state index is 12.0. The molecule has 4 N–H and O–H groups in total. The number of rotatable bonds is 6. The Hall–Kier alpha value is -1.92. The molecule has 1 saturated heterocycles. The van der Waals surface area contributed by atoms with Gasteiger partial charge in [0, 0.05) is 31.5 Å². The van der Waals surface area contributed by atoms with Crippen molar-refractivity contribution in [2.24, 2.45) is 5.92 Å². The zero-order valence-electron chi connectivity index (χ0n) is 13.7.